The van der Waals surface area contributed by atoms with Crippen LogP contribution in [0.5, 0.6) is 0 Å². The van der Waals surface area contributed by atoms with E-state index in [1.165, 1.54) is 0 Å². The van der Waals surface area contributed by atoms with Gasteiger partial charge in [0.1, 0.15) is 0 Å². The summed E-state index contributed by atoms with van der Waals surface area (Å²) >= 11 is 0. The minimum absolute atomic E-state index is 0.0553. The van der Waals surface area contributed by atoms with Crippen molar-refractivity contribution in [1.29, 1.82) is 0 Å². The summed E-state index contributed by atoms with van der Waals surface area (Å²) < 4.78 is 5.26. The molecule has 0 bridgehead atoms. The third-order valence-corrected chi connectivity index (χ3v) is 2.36. The Hall–Kier alpha value is -1.30. The summed E-state index contributed by atoms with van der Waals surface area (Å²) in [4.78, 5) is 15.9. The molecule has 0 unspecified atom stereocenters. The summed E-state index contributed by atoms with van der Waals surface area (Å²) in [5.74, 6) is 0.807. The molecule has 20 heavy (non-hydrogen) atoms. The van der Waals surface area contributed by atoms with Crippen LogP contribution < -0.4 is 16.0 Å². The molecule has 0 aromatic carbocycles. The van der Waals surface area contributed by atoms with Gasteiger partial charge in [-0.2, -0.15) is 0 Å². The summed E-state index contributed by atoms with van der Waals surface area (Å²) in [5, 5.41) is 9.17. The van der Waals surface area contributed by atoms with Crippen LogP contribution in [-0.4, -0.2) is 50.8 Å². The molecular formula is C14H30N4O2. The van der Waals surface area contributed by atoms with Gasteiger partial charge in [-0.05, 0) is 34.1 Å². The molecule has 1 amide bonds. The summed E-state index contributed by atoms with van der Waals surface area (Å²) in [6.07, 6.45) is 1.35. The number of ether oxygens (including phenoxy) is 1. The second-order valence-electron chi connectivity index (χ2n) is 4.71. The third kappa shape index (κ3) is 11.8. The van der Waals surface area contributed by atoms with Crippen LogP contribution in [0.2, 0.25) is 0 Å². The fraction of sp³-hybridized carbons (Fsp3) is 0.857. The van der Waals surface area contributed by atoms with E-state index < -0.39 is 0 Å². The van der Waals surface area contributed by atoms with Crippen molar-refractivity contribution in [3.63, 3.8) is 0 Å². The lowest BCUT2D eigenvalue weighted by Gasteiger charge is -2.12. The summed E-state index contributed by atoms with van der Waals surface area (Å²) in [6.45, 7) is 11.5. The van der Waals surface area contributed by atoms with E-state index in [1.807, 2.05) is 27.7 Å². The smallest absolute Gasteiger partial charge is 0.221 e. The standard InChI is InChI=1S/C14H30N4O2/c1-5-15-14(16-9-7-11-20-6-2)17-10-8-13(19)18-12(3)4/h12H,5-11H2,1-4H3,(H,18,19)(H2,15,16,17). The number of hydrogen-bond donors (Lipinski definition) is 3. The van der Waals surface area contributed by atoms with E-state index in [2.05, 4.69) is 20.9 Å². The van der Waals surface area contributed by atoms with Gasteiger partial charge in [0.25, 0.3) is 0 Å². The van der Waals surface area contributed by atoms with E-state index in [4.69, 9.17) is 4.74 Å². The highest BCUT2D eigenvalue weighted by atomic mass is 16.5. The van der Waals surface area contributed by atoms with Crippen LogP contribution >= 0.6 is 0 Å². The van der Waals surface area contributed by atoms with Gasteiger partial charge in [-0.25, -0.2) is 0 Å². The van der Waals surface area contributed by atoms with Crippen molar-refractivity contribution >= 4 is 11.9 Å². The highest BCUT2D eigenvalue weighted by Crippen LogP contribution is 1.86. The zero-order chi connectivity index (χ0) is 15.2. The average molecular weight is 286 g/mol. The predicted molar refractivity (Wildman–Crippen MR) is 83.0 cm³/mol. The first-order valence-electron chi connectivity index (χ1n) is 7.49. The largest absolute Gasteiger partial charge is 0.382 e. The topological polar surface area (TPSA) is 74.8 Å². The second-order valence-corrected chi connectivity index (χ2v) is 4.71. The molecule has 0 heterocycles. The Morgan fingerprint density at radius 1 is 1.25 bits per heavy atom. The van der Waals surface area contributed by atoms with Crippen molar-refractivity contribution in [2.45, 2.75) is 46.6 Å². The Balaban J connectivity index is 3.89. The van der Waals surface area contributed by atoms with Crippen LogP contribution in [0.1, 0.15) is 40.5 Å². The molecule has 6 heteroatoms. The minimum atomic E-state index is 0.0553. The zero-order valence-electron chi connectivity index (χ0n) is 13.3. The second kappa shape index (κ2) is 12.7. The number of nitrogens with zero attached hydrogens (tertiary/aromatic N) is 1. The van der Waals surface area contributed by atoms with E-state index in [0.717, 1.165) is 32.1 Å². The number of carbonyl (C=O) groups is 1. The highest BCUT2D eigenvalue weighted by molar-refractivity contribution is 5.81. The van der Waals surface area contributed by atoms with Crippen molar-refractivity contribution in [2.24, 2.45) is 4.99 Å². The van der Waals surface area contributed by atoms with Gasteiger partial charge in [0.05, 0.1) is 0 Å². The van der Waals surface area contributed by atoms with Crippen LogP contribution in [0.4, 0.5) is 0 Å². The monoisotopic (exact) mass is 286 g/mol. The predicted octanol–water partition coefficient (Wildman–Crippen LogP) is 0.883. The molecule has 3 N–H and O–H groups in total. The first kappa shape index (κ1) is 18.7. The highest BCUT2D eigenvalue weighted by Gasteiger charge is 2.03. The van der Waals surface area contributed by atoms with Crippen LogP contribution in [0.25, 0.3) is 0 Å². The molecule has 0 saturated carbocycles. The molecule has 0 aliphatic carbocycles. The van der Waals surface area contributed by atoms with Crippen molar-refractivity contribution in [3.8, 4) is 0 Å². The average Bonchev–Trinajstić information content (AvgIpc) is 2.37. The molecule has 0 saturated heterocycles. The molecule has 0 aromatic rings. The lowest BCUT2D eigenvalue weighted by molar-refractivity contribution is -0.121. The lowest BCUT2D eigenvalue weighted by atomic mass is 10.3. The maximum Gasteiger partial charge on any atom is 0.221 e. The number of guanidine groups is 1. The number of rotatable bonds is 10. The number of amides is 1. The van der Waals surface area contributed by atoms with Crippen LogP contribution in [0, 0.1) is 0 Å². The summed E-state index contributed by atoms with van der Waals surface area (Å²) in [7, 11) is 0. The van der Waals surface area contributed by atoms with Gasteiger partial charge in [0, 0.05) is 45.3 Å². The lowest BCUT2D eigenvalue weighted by Crippen LogP contribution is -2.40. The normalized spacial score (nSPS) is 11.6. The SMILES string of the molecule is CCNC(=NCCCOCC)NCCC(=O)NC(C)C. The molecule has 6 nitrogen and oxygen atoms in total. The maximum atomic E-state index is 11.5. The Kier molecular flexibility index (Phi) is 11.9. The molecular weight excluding hydrogens is 256 g/mol. The molecule has 0 aliphatic heterocycles. The van der Waals surface area contributed by atoms with Crippen LogP contribution in [0.3, 0.4) is 0 Å². The zero-order valence-corrected chi connectivity index (χ0v) is 13.3. The molecule has 0 aromatic heterocycles. The van der Waals surface area contributed by atoms with Gasteiger partial charge in [-0.15, -0.1) is 0 Å². The van der Waals surface area contributed by atoms with E-state index in [9.17, 15) is 4.79 Å². The molecule has 0 rings (SSSR count). The van der Waals surface area contributed by atoms with Crippen LogP contribution in [-0.2, 0) is 9.53 Å². The Morgan fingerprint density at radius 2 is 2.00 bits per heavy atom. The number of nitrogens with one attached hydrogen (secondary N) is 3. The van der Waals surface area contributed by atoms with E-state index in [1.54, 1.807) is 0 Å². The van der Waals surface area contributed by atoms with Crippen molar-refractivity contribution in [2.75, 3.05) is 32.8 Å². The fourth-order valence-corrected chi connectivity index (χ4v) is 1.53. The molecule has 0 radical (unpaired) electrons. The van der Waals surface area contributed by atoms with Gasteiger partial charge >= 0.3 is 0 Å². The van der Waals surface area contributed by atoms with Gasteiger partial charge < -0.3 is 20.7 Å². The van der Waals surface area contributed by atoms with Gasteiger partial charge in [-0.1, -0.05) is 0 Å². The molecule has 0 fully saturated rings. The van der Waals surface area contributed by atoms with Crippen molar-refractivity contribution in [1.82, 2.24) is 16.0 Å². The third-order valence-electron chi connectivity index (χ3n) is 2.36. The maximum absolute atomic E-state index is 11.5. The summed E-state index contributed by atoms with van der Waals surface area (Å²) in [6, 6.07) is 0.183. The van der Waals surface area contributed by atoms with E-state index in [0.29, 0.717) is 19.5 Å². The first-order chi connectivity index (χ1) is 9.60. The quantitative estimate of drug-likeness (QED) is 0.317. The number of aliphatic imine (C=N–C) groups is 1. The van der Waals surface area contributed by atoms with E-state index >= 15 is 0 Å². The fourth-order valence-electron chi connectivity index (χ4n) is 1.53. The van der Waals surface area contributed by atoms with Gasteiger partial charge in [0.2, 0.25) is 5.91 Å². The Labute approximate surface area is 122 Å². The Morgan fingerprint density at radius 3 is 2.60 bits per heavy atom. The van der Waals surface area contributed by atoms with Crippen molar-refractivity contribution in [3.05, 3.63) is 0 Å². The van der Waals surface area contributed by atoms with Crippen molar-refractivity contribution < 1.29 is 9.53 Å². The Bertz CT molecular complexity index is 280. The molecule has 0 spiro atoms. The molecule has 0 aliphatic rings. The van der Waals surface area contributed by atoms with Gasteiger partial charge in [0.15, 0.2) is 5.96 Å². The number of carbonyl (C=O) groups excluding carboxylic acids is 1. The molecule has 118 valence electrons. The van der Waals surface area contributed by atoms with E-state index in [-0.39, 0.29) is 11.9 Å². The first-order valence-corrected chi connectivity index (χ1v) is 7.49. The molecule has 0 atom stereocenters. The van der Waals surface area contributed by atoms with Gasteiger partial charge in [-0.3, -0.25) is 9.79 Å². The summed E-state index contributed by atoms with van der Waals surface area (Å²) in [5.41, 5.74) is 0. The minimum Gasteiger partial charge on any atom is -0.382 e. The number of hydrogen-bond acceptors (Lipinski definition) is 3. The van der Waals surface area contributed by atoms with Crippen LogP contribution in [0.15, 0.2) is 4.99 Å².